The monoisotopic (exact) mass is 239 g/mol. The SMILES string of the molecule is Cc1cc(C(C)NC(=O)CCC(C)O)c(C)o1. The number of nitrogens with one attached hydrogen (secondary N) is 1. The standard InChI is InChI=1S/C13H21NO3/c1-8(15)5-6-13(16)14-10(3)12-7-9(2)17-11(12)4/h7-8,10,15H,5-6H2,1-4H3,(H,14,16). The van der Waals surface area contributed by atoms with Gasteiger partial charge in [0.2, 0.25) is 5.91 Å². The smallest absolute Gasteiger partial charge is 0.220 e. The van der Waals surface area contributed by atoms with Crippen molar-refractivity contribution < 1.29 is 14.3 Å². The fourth-order valence-corrected chi connectivity index (χ4v) is 1.81. The summed E-state index contributed by atoms with van der Waals surface area (Å²) in [5.74, 6) is 1.64. The van der Waals surface area contributed by atoms with Gasteiger partial charge in [-0.25, -0.2) is 0 Å². The van der Waals surface area contributed by atoms with Gasteiger partial charge in [-0.1, -0.05) is 0 Å². The van der Waals surface area contributed by atoms with Gasteiger partial charge in [-0.2, -0.15) is 0 Å². The summed E-state index contributed by atoms with van der Waals surface area (Å²) >= 11 is 0. The Balaban J connectivity index is 2.51. The van der Waals surface area contributed by atoms with Gasteiger partial charge in [-0.05, 0) is 40.2 Å². The molecule has 1 rings (SSSR count). The van der Waals surface area contributed by atoms with Crippen molar-refractivity contribution >= 4 is 5.91 Å². The second-order valence-electron chi connectivity index (χ2n) is 4.55. The number of carbonyl (C=O) groups is 1. The number of hydrogen-bond acceptors (Lipinski definition) is 3. The van der Waals surface area contributed by atoms with Gasteiger partial charge in [-0.3, -0.25) is 4.79 Å². The highest BCUT2D eigenvalue weighted by Gasteiger charge is 2.15. The van der Waals surface area contributed by atoms with Crippen molar-refractivity contribution in [1.29, 1.82) is 0 Å². The second kappa shape index (κ2) is 5.87. The average molecular weight is 239 g/mol. The molecule has 1 heterocycles. The van der Waals surface area contributed by atoms with Crippen LogP contribution in [0.25, 0.3) is 0 Å². The zero-order chi connectivity index (χ0) is 13.0. The zero-order valence-electron chi connectivity index (χ0n) is 10.9. The molecule has 0 aliphatic carbocycles. The number of aryl methyl sites for hydroxylation is 2. The van der Waals surface area contributed by atoms with E-state index >= 15 is 0 Å². The van der Waals surface area contributed by atoms with Crippen LogP contribution in [0.1, 0.15) is 49.8 Å². The molecule has 0 saturated heterocycles. The molecule has 0 aliphatic rings. The molecule has 0 bridgehead atoms. The average Bonchev–Trinajstić information content (AvgIpc) is 2.55. The Hall–Kier alpha value is -1.29. The van der Waals surface area contributed by atoms with Gasteiger partial charge in [0.25, 0.3) is 0 Å². The highest BCUT2D eigenvalue weighted by Crippen LogP contribution is 2.21. The fourth-order valence-electron chi connectivity index (χ4n) is 1.81. The molecule has 0 fully saturated rings. The van der Waals surface area contributed by atoms with E-state index < -0.39 is 6.10 Å². The van der Waals surface area contributed by atoms with Crippen molar-refractivity contribution in [2.24, 2.45) is 0 Å². The topological polar surface area (TPSA) is 62.5 Å². The minimum absolute atomic E-state index is 0.0448. The molecule has 0 radical (unpaired) electrons. The molecule has 2 unspecified atom stereocenters. The number of furan rings is 1. The van der Waals surface area contributed by atoms with E-state index in [1.165, 1.54) is 0 Å². The molecule has 2 atom stereocenters. The normalized spacial score (nSPS) is 14.4. The van der Waals surface area contributed by atoms with E-state index in [1.54, 1.807) is 6.92 Å². The van der Waals surface area contributed by atoms with E-state index in [9.17, 15) is 4.79 Å². The third kappa shape index (κ3) is 4.23. The van der Waals surface area contributed by atoms with E-state index in [-0.39, 0.29) is 11.9 Å². The molecule has 0 aromatic carbocycles. The van der Waals surface area contributed by atoms with Crippen LogP contribution in [0.3, 0.4) is 0 Å². The van der Waals surface area contributed by atoms with Crippen molar-refractivity contribution in [2.45, 2.75) is 52.7 Å². The Labute approximate surface area is 102 Å². The van der Waals surface area contributed by atoms with E-state index in [0.29, 0.717) is 12.8 Å². The van der Waals surface area contributed by atoms with Crippen molar-refractivity contribution in [1.82, 2.24) is 5.32 Å². The summed E-state index contributed by atoms with van der Waals surface area (Å²) in [4.78, 5) is 11.6. The fraction of sp³-hybridized carbons (Fsp3) is 0.615. The Bertz CT molecular complexity index is 382. The number of aliphatic hydroxyl groups is 1. The predicted molar refractivity (Wildman–Crippen MR) is 65.7 cm³/mol. The van der Waals surface area contributed by atoms with Crippen LogP contribution < -0.4 is 5.32 Å². The summed E-state index contributed by atoms with van der Waals surface area (Å²) in [6.45, 7) is 7.39. The second-order valence-corrected chi connectivity index (χ2v) is 4.55. The van der Waals surface area contributed by atoms with Crippen LogP contribution in [0.5, 0.6) is 0 Å². The first-order valence-electron chi connectivity index (χ1n) is 5.94. The first-order chi connectivity index (χ1) is 7.90. The Morgan fingerprint density at radius 3 is 2.59 bits per heavy atom. The molecular weight excluding hydrogens is 218 g/mol. The van der Waals surface area contributed by atoms with E-state index in [0.717, 1.165) is 17.1 Å². The van der Waals surface area contributed by atoms with Crippen LogP contribution in [0, 0.1) is 13.8 Å². The number of carbonyl (C=O) groups excluding carboxylic acids is 1. The van der Waals surface area contributed by atoms with Gasteiger partial charge in [-0.15, -0.1) is 0 Å². The number of aliphatic hydroxyl groups excluding tert-OH is 1. The summed E-state index contributed by atoms with van der Waals surface area (Å²) in [6.07, 6.45) is 0.397. The lowest BCUT2D eigenvalue weighted by molar-refractivity contribution is -0.122. The Morgan fingerprint density at radius 2 is 2.12 bits per heavy atom. The van der Waals surface area contributed by atoms with Gasteiger partial charge in [0.15, 0.2) is 0 Å². The summed E-state index contributed by atoms with van der Waals surface area (Å²) in [7, 11) is 0. The molecule has 0 saturated carbocycles. The predicted octanol–water partition coefficient (Wildman–Crippen LogP) is 2.23. The van der Waals surface area contributed by atoms with Gasteiger partial charge < -0.3 is 14.8 Å². The van der Waals surface area contributed by atoms with Crippen LogP contribution in [0.15, 0.2) is 10.5 Å². The lowest BCUT2D eigenvalue weighted by atomic mass is 10.1. The number of rotatable bonds is 5. The third-order valence-electron chi connectivity index (χ3n) is 2.71. The molecule has 1 aromatic rings. The summed E-state index contributed by atoms with van der Waals surface area (Å²) < 4.78 is 5.42. The van der Waals surface area contributed by atoms with Gasteiger partial charge in [0.05, 0.1) is 12.1 Å². The van der Waals surface area contributed by atoms with Gasteiger partial charge in [0.1, 0.15) is 11.5 Å². The van der Waals surface area contributed by atoms with Crippen LogP contribution in [0.2, 0.25) is 0 Å². The molecule has 1 amide bonds. The maximum Gasteiger partial charge on any atom is 0.220 e. The van der Waals surface area contributed by atoms with Crippen LogP contribution in [0.4, 0.5) is 0 Å². The lowest BCUT2D eigenvalue weighted by Gasteiger charge is -2.13. The molecule has 2 N–H and O–H groups in total. The quantitative estimate of drug-likeness (QED) is 0.828. The largest absolute Gasteiger partial charge is 0.466 e. The minimum Gasteiger partial charge on any atom is -0.466 e. The van der Waals surface area contributed by atoms with Crippen molar-refractivity contribution in [3.8, 4) is 0 Å². The summed E-state index contributed by atoms with van der Waals surface area (Å²) in [5.41, 5.74) is 1.01. The number of amides is 1. The first-order valence-corrected chi connectivity index (χ1v) is 5.94. The summed E-state index contributed by atoms with van der Waals surface area (Å²) in [6, 6.07) is 1.88. The molecule has 0 spiro atoms. The van der Waals surface area contributed by atoms with Crippen molar-refractivity contribution in [3.05, 3.63) is 23.2 Å². The molecule has 4 heteroatoms. The number of hydrogen-bond donors (Lipinski definition) is 2. The highest BCUT2D eigenvalue weighted by molar-refractivity contribution is 5.76. The zero-order valence-corrected chi connectivity index (χ0v) is 10.9. The minimum atomic E-state index is -0.436. The Kier molecular flexibility index (Phi) is 4.75. The van der Waals surface area contributed by atoms with E-state index in [2.05, 4.69) is 5.32 Å². The molecule has 4 nitrogen and oxygen atoms in total. The molecule has 1 aromatic heterocycles. The van der Waals surface area contributed by atoms with Gasteiger partial charge in [0, 0.05) is 12.0 Å². The van der Waals surface area contributed by atoms with Crippen LogP contribution in [-0.4, -0.2) is 17.1 Å². The van der Waals surface area contributed by atoms with E-state index in [1.807, 2.05) is 26.8 Å². The molecule has 0 aliphatic heterocycles. The lowest BCUT2D eigenvalue weighted by Crippen LogP contribution is -2.27. The van der Waals surface area contributed by atoms with Crippen LogP contribution in [-0.2, 0) is 4.79 Å². The Morgan fingerprint density at radius 1 is 1.47 bits per heavy atom. The maximum absolute atomic E-state index is 11.6. The van der Waals surface area contributed by atoms with Crippen molar-refractivity contribution in [2.75, 3.05) is 0 Å². The summed E-state index contributed by atoms with van der Waals surface area (Å²) in [5, 5.41) is 12.0. The van der Waals surface area contributed by atoms with Crippen LogP contribution >= 0.6 is 0 Å². The van der Waals surface area contributed by atoms with Crippen molar-refractivity contribution in [3.63, 3.8) is 0 Å². The third-order valence-corrected chi connectivity index (χ3v) is 2.71. The molecule has 17 heavy (non-hydrogen) atoms. The highest BCUT2D eigenvalue weighted by atomic mass is 16.3. The molecular formula is C13H21NO3. The van der Waals surface area contributed by atoms with E-state index in [4.69, 9.17) is 9.52 Å². The van der Waals surface area contributed by atoms with Gasteiger partial charge >= 0.3 is 0 Å². The first kappa shape index (κ1) is 13.8. The molecule has 96 valence electrons. The maximum atomic E-state index is 11.6.